The molecule has 0 radical (unpaired) electrons. The fraction of sp³-hybridized carbons (Fsp3) is 0.471. The predicted molar refractivity (Wildman–Crippen MR) is 85.5 cm³/mol. The van der Waals surface area contributed by atoms with Crippen molar-refractivity contribution in [3.63, 3.8) is 0 Å². The van der Waals surface area contributed by atoms with Crippen molar-refractivity contribution in [2.75, 3.05) is 5.84 Å². The maximum Gasteiger partial charge on any atom is 0.286 e. The molecule has 0 aliphatic heterocycles. The Bertz CT molecular complexity index is 713. The minimum absolute atomic E-state index is 0.0220. The fourth-order valence-electron chi connectivity index (χ4n) is 2.25. The Morgan fingerprint density at radius 1 is 1.18 bits per heavy atom. The Kier molecular flexibility index (Phi) is 3.97. The Labute approximate surface area is 132 Å². The van der Waals surface area contributed by atoms with Crippen molar-refractivity contribution in [1.29, 1.82) is 5.26 Å². The van der Waals surface area contributed by atoms with Crippen molar-refractivity contribution in [2.24, 2.45) is 0 Å². The number of nitrogen functional groups attached to an aromatic ring is 1. The molecule has 0 unspecified atom stereocenters. The smallest absolute Gasteiger partial charge is 0.286 e. The summed E-state index contributed by atoms with van der Waals surface area (Å²) in [6.45, 7) is 11.0. The van der Waals surface area contributed by atoms with Crippen molar-refractivity contribution >= 4 is 0 Å². The number of benzene rings is 1. The van der Waals surface area contributed by atoms with Gasteiger partial charge in [-0.1, -0.05) is 39.0 Å². The van der Waals surface area contributed by atoms with Crippen LogP contribution in [0.2, 0.25) is 0 Å². The highest BCUT2D eigenvalue weighted by Crippen LogP contribution is 2.30. The van der Waals surface area contributed by atoms with Gasteiger partial charge in [0.1, 0.15) is 6.54 Å². The molecule has 0 atom stereocenters. The molecule has 0 bridgehead atoms. The van der Waals surface area contributed by atoms with Gasteiger partial charge < -0.3 is 0 Å². The van der Waals surface area contributed by atoms with Crippen LogP contribution in [-0.4, -0.2) is 9.78 Å². The van der Waals surface area contributed by atoms with Crippen LogP contribution >= 0.6 is 0 Å². The SMILES string of the molecule is CC(C)(C)c1cc(Cn2c[n+](N)cn2)cc(C(C)(C)C#N)c1. The maximum absolute atomic E-state index is 9.44. The maximum atomic E-state index is 9.44. The lowest BCUT2D eigenvalue weighted by Gasteiger charge is -2.24. The van der Waals surface area contributed by atoms with Crippen LogP contribution in [0.1, 0.15) is 51.3 Å². The van der Waals surface area contributed by atoms with Crippen LogP contribution in [0, 0.1) is 11.3 Å². The van der Waals surface area contributed by atoms with E-state index in [2.05, 4.69) is 50.1 Å². The third-order valence-corrected chi connectivity index (χ3v) is 3.80. The first-order valence-corrected chi connectivity index (χ1v) is 7.37. The van der Waals surface area contributed by atoms with E-state index in [-0.39, 0.29) is 5.41 Å². The van der Waals surface area contributed by atoms with Crippen LogP contribution in [0.5, 0.6) is 0 Å². The van der Waals surface area contributed by atoms with Gasteiger partial charge in [-0.2, -0.15) is 5.26 Å². The molecular weight excluding hydrogens is 274 g/mol. The van der Waals surface area contributed by atoms with Crippen molar-refractivity contribution in [2.45, 2.75) is 52.0 Å². The Hall–Kier alpha value is -2.35. The fourth-order valence-corrected chi connectivity index (χ4v) is 2.25. The van der Waals surface area contributed by atoms with Gasteiger partial charge in [-0.25, -0.2) is 0 Å². The molecule has 1 heterocycles. The number of hydrogen-bond acceptors (Lipinski definition) is 3. The predicted octanol–water partition coefficient (Wildman–Crippen LogP) is 2.03. The zero-order valence-electron chi connectivity index (χ0n) is 14.0. The molecular formula is C17H24N5+. The second-order valence-electron chi connectivity index (χ2n) is 7.30. The van der Waals surface area contributed by atoms with Crippen LogP contribution in [0.3, 0.4) is 0 Å². The summed E-state index contributed by atoms with van der Waals surface area (Å²) in [5, 5.41) is 13.6. The van der Waals surface area contributed by atoms with Crippen LogP contribution in [0.4, 0.5) is 0 Å². The second-order valence-corrected chi connectivity index (χ2v) is 7.30. The number of nitriles is 1. The summed E-state index contributed by atoms with van der Waals surface area (Å²) in [6.07, 6.45) is 3.30. The Morgan fingerprint density at radius 2 is 1.82 bits per heavy atom. The molecule has 2 rings (SSSR count). The highest BCUT2D eigenvalue weighted by atomic mass is 15.4. The van der Waals surface area contributed by atoms with E-state index in [1.165, 1.54) is 10.2 Å². The molecule has 0 saturated heterocycles. The monoisotopic (exact) mass is 298 g/mol. The van der Waals surface area contributed by atoms with E-state index in [0.717, 1.165) is 11.1 Å². The molecule has 0 aliphatic rings. The molecule has 0 fully saturated rings. The normalized spacial score (nSPS) is 12.2. The highest BCUT2D eigenvalue weighted by Gasteiger charge is 2.24. The molecule has 1 aromatic heterocycles. The van der Waals surface area contributed by atoms with Gasteiger partial charge in [-0.3, -0.25) is 5.84 Å². The molecule has 1 aromatic carbocycles. The molecule has 0 spiro atoms. The lowest BCUT2D eigenvalue weighted by atomic mass is 9.79. The first-order valence-electron chi connectivity index (χ1n) is 7.37. The second kappa shape index (κ2) is 5.45. The van der Waals surface area contributed by atoms with E-state index in [4.69, 9.17) is 5.84 Å². The van der Waals surface area contributed by atoms with E-state index >= 15 is 0 Å². The number of aromatic nitrogens is 3. The first kappa shape index (κ1) is 16.0. The molecule has 2 N–H and O–H groups in total. The molecule has 22 heavy (non-hydrogen) atoms. The highest BCUT2D eigenvalue weighted by molar-refractivity contribution is 5.40. The number of nitrogens with zero attached hydrogens (tertiary/aromatic N) is 4. The van der Waals surface area contributed by atoms with Gasteiger partial charge in [0.15, 0.2) is 0 Å². The summed E-state index contributed by atoms with van der Waals surface area (Å²) in [5.41, 5.74) is 2.87. The van der Waals surface area contributed by atoms with Crippen LogP contribution < -0.4 is 10.5 Å². The average molecular weight is 298 g/mol. The van der Waals surface area contributed by atoms with E-state index in [1.54, 1.807) is 17.3 Å². The number of nitrogens with two attached hydrogens (primary N) is 1. The Balaban J connectivity index is 2.49. The minimum Gasteiger partial charge on any atom is -0.289 e. The third kappa shape index (κ3) is 3.45. The molecule has 0 amide bonds. The van der Waals surface area contributed by atoms with Crippen LogP contribution in [-0.2, 0) is 17.4 Å². The molecule has 5 nitrogen and oxygen atoms in total. The van der Waals surface area contributed by atoms with Gasteiger partial charge in [0.25, 0.3) is 6.33 Å². The molecule has 5 heteroatoms. The quantitative estimate of drug-likeness (QED) is 0.696. The number of rotatable bonds is 3. The van der Waals surface area contributed by atoms with Crippen molar-refractivity contribution < 1.29 is 4.68 Å². The molecule has 0 saturated carbocycles. The van der Waals surface area contributed by atoms with Crippen LogP contribution in [0.25, 0.3) is 0 Å². The first-order chi connectivity index (χ1) is 10.1. The summed E-state index contributed by atoms with van der Waals surface area (Å²) < 4.78 is 3.21. The van der Waals surface area contributed by atoms with Gasteiger partial charge in [-0.05, 0) is 36.0 Å². The largest absolute Gasteiger partial charge is 0.289 e. The molecule has 116 valence electrons. The van der Waals surface area contributed by atoms with Crippen molar-refractivity contribution in [3.05, 3.63) is 47.5 Å². The van der Waals surface area contributed by atoms with Crippen LogP contribution in [0.15, 0.2) is 30.9 Å². The average Bonchev–Trinajstić information content (AvgIpc) is 2.82. The lowest BCUT2D eigenvalue weighted by molar-refractivity contribution is -0.639. The minimum atomic E-state index is -0.520. The zero-order chi connectivity index (χ0) is 16.5. The molecule has 2 aromatic rings. The number of hydrogen-bond donors (Lipinski definition) is 1. The van der Waals surface area contributed by atoms with Crippen molar-refractivity contribution in [1.82, 2.24) is 9.78 Å². The van der Waals surface area contributed by atoms with Crippen molar-refractivity contribution in [3.8, 4) is 6.07 Å². The summed E-state index contributed by atoms with van der Waals surface area (Å²) in [4.78, 5) is 0. The molecule has 0 aliphatic carbocycles. The summed E-state index contributed by atoms with van der Waals surface area (Å²) in [5.74, 6) is 5.64. The zero-order valence-corrected chi connectivity index (χ0v) is 14.0. The van der Waals surface area contributed by atoms with E-state index in [1.807, 2.05) is 13.8 Å². The summed E-state index contributed by atoms with van der Waals surface area (Å²) in [6, 6.07) is 8.79. The third-order valence-electron chi connectivity index (χ3n) is 3.80. The summed E-state index contributed by atoms with van der Waals surface area (Å²) in [7, 11) is 0. The van der Waals surface area contributed by atoms with Gasteiger partial charge in [0, 0.05) is 5.10 Å². The van der Waals surface area contributed by atoms with E-state index in [0.29, 0.717) is 6.54 Å². The van der Waals surface area contributed by atoms with E-state index in [9.17, 15) is 5.26 Å². The summed E-state index contributed by atoms with van der Waals surface area (Å²) >= 11 is 0. The topological polar surface area (TPSA) is 71.5 Å². The lowest BCUT2D eigenvalue weighted by Crippen LogP contribution is -2.42. The van der Waals surface area contributed by atoms with E-state index < -0.39 is 5.41 Å². The van der Waals surface area contributed by atoms with Gasteiger partial charge in [-0.15, -0.1) is 9.36 Å². The standard InChI is InChI=1S/C17H24N5/c1-16(2,3)14-6-13(9-22-12-21(19)11-20-22)7-15(8-14)17(4,5)10-18/h6-8,11-12H,9,19H2,1-5H3/q+1. The Morgan fingerprint density at radius 3 is 2.32 bits per heavy atom. The van der Waals surface area contributed by atoms with Gasteiger partial charge in [0.2, 0.25) is 6.33 Å². The van der Waals surface area contributed by atoms with Gasteiger partial charge >= 0.3 is 0 Å². The van der Waals surface area contributed by atoms with Gasteiger partial charge in [0.05, 0.1) is 11.5 Å².